The molecule has 1 unspecified atom stereocenters. The Hall–Kier alpha value is -4.23. The van der Waals surface area contributed by atoms with Crippen LogP contribution >= 0.6 is 0 Å². The van der Waals surface area contributed by atoms with Gasteiger partial charge in [-0.05, 0) is 113 Å². The average Bonchev–Trinajstić information content (AvgIpc) is 3.11. The highest BCUT2D eigenvalue weighted by atomic mass is 32.2. The van der Waals surface area contributed by atoms with E-state index in [-0.39, 0.29) is 36.9 Å². The maximum absolute atomic E-state index is 16.7. The lowest BCUT2D eigenvalue weighted by Gasteiger charge is -2.39. The van der Waals surface area contributed by atoms with E-state index in [9.17, 15) is 18.0 Å². The third kappa shape index (κ3) is 10.0. The number of likely N-dealkylation sites (N-methyl/N-ethyl adjacent to an activating group) is 1. The second-order valence-electron chi connectivity index (χ2n) is 14.5. The van der Waals surface area contributed by atoms with Crippen LogP contribution in [0.5, 0.6) is 17.2 Å². The van der Waals surface area contributed by atoms with Gasteiger partial charge in [-0.1, -0.05) is 37.5 Å². The Morgan fingerprint density at radius 3 is 2.02 bits per heavy atom. The topological polar surface area (TPSA) is 114 Å². The van der Waals surface area contributed by atoms with E-state index in [0.717, 1.165) is 44.9 Å². The molecule has 10 nitrogen and oxygen atoms in total. The minimum atomic E-state index is -4.61. The molecule has 1 atom stereocenters. The van der Waals surface area contributed by atoms with Crippen LogP contribution in [0.1, 0.15) is 71.3 Å². The van der Waals surface area contributed by atoms with Gasteiger partial charge < -0.3 is 24.4 Å². The number of amides is 2. The summed E-state index contributed by atoms with van der Waals surface area (Å²) < 4.78 is 79.0. The van der Waals surface area contributed by atoms with Crippen molar-refractivity contribution in [3.05, 3.63) is 84.4 Å². The number of nitrogens with zero attached hydrogens (tertiary/aromatic N) is 2. The van der Waals surface area contributed by atoms with Crippen molar-refractivity contribution >= 4 is 22.0 Å². The maximum Gasteiger partial charge on any atom is 0.407 e. The van der Waals surface area contributed by atoms with E-state index in [1.165, 1.54) is 47.7 Å². The lowest BCUT2D eigenvalue weighted by molar-refractivity contribution is -0.151. The minimum Gasteiger partial charge on any atom is -0.493 e. The molecule has 2 aliphatic rings. The Bertz CT molecular complexity index is 1740. The molecule has 1 saturated heterocycles. The molecular weight excluding hydrogens is 693 g/mol. The molecule has 3 aromatic carbocycles. The predicted molar refractivity (Wildman–Crippen MR) is 193 cm³/mol. The van der Waals surface area contributed by atoms with Crippen molar-refractivity contribution in [1.29, 1.82) is 0 Å². The number of piperidine rings is 1. The fourth-order valence-electron chi connectivity index (χ4n) is 6.54. The number of likely N-dealkylation sites (tertiary alicyclic amines) is 1. The summed E-state index contributed by atoms with van der Waals surface area (Å²) in [6, 6.07) is 16.6. The van der Waals surface area contributed by atoms with Crippen LogP contribution in [0.4, 0.5) is 13.6 Å². The molecule has 1 saturated carbocycles. The zero-order chi connectivity index (χ0) is 37.5. The summed E-state index contributed by atoms with van der Waals surface area (Å²) >= 11 is 0. The highest BCUT2D eigenvalue weighted by Crippen LogP contribution is 2.39. The first-order chi connectivity index (χ1) is 24.6. The number of sulfonamides is 1. The van der Waals surface area contributed by atoms with Gasteiger partial charge in [-0.25, -0.2) is 13.2 Å². The Morgan fingerprint density at radius 2 is 1.42 bits per heavy atom. The number of alkyl carbamates (subject to hydrolysis) is 1. The van der Waals surface area contributed by atoms with Crippen LogP contribution in [0.2, 0.25) is 0 Å². The number of hydrogen-bond acceptors (Lipinski definition) is 7. The van der Waals surface area contributed by atoms with Gasteiger partial charge in [0.25, 0.3) is 5.92 Å². The second-order valence-corrected chi connectivity index (χ2v) is 16.5. The van der Waals surface area contributed by atoms with Crippen LogP contribution in [0.15, 0.2) is 83.8 Å². The molecule has 2 amide bonds. The highest BCUT2D eigenvalue weighted by Gasteiger charge is 2.53. The Morgan fingerprint density at radius 1 is 0.846 bits per heavy atom. The number of rotatable bonds is 12. The molecule has 13 heteroatoms. The zero-order valence-corrected chi connectivity index (χ0v) is 31.0. The SMILES string of the molecule is CN(C(C(=O)N1CCC(NC(=O)OC(C)(C)C)CC1)C(F)(F)c1ccc(Oc2ccccc2)cc1)S(=O)(=O)c1ccc(OCC2CCCCC2)cc1. The molecule has 0 radical (unpaired) electrons. The number of nitrogens with one attached hydrogen (secondary N) is 1. The van der Waals surface area contributed by atoms with Crippen LogP contribution < -0.4 is 14.8 Å². The van der Waals surface area contributed by atoms with Crippen molar-refractivity contribution in [3.8, 4) is 17.2 Å². The Labute approximate surface area is 305 Å². The number of halogens is 2. The van der Waals surface area contributed by atoms with Crippen molar-refractivity contribution < 1.29 is 41.0 Å². The zero-order valence-electron chi connectivity index (χ0n) is 30.2. The molecule has 3 aromatic rings. The van der Waals surface area contributed by atoms with E-state index in [0.29, 0.717) is 34.1 Å². The van der Waals surface area contributed by atoms with Gasteiger partial charge in [0.2, 0.25) is 15.9 Å². The molecule has 1 N–H and O–H groups in total. The van der Waals surface area contributed by atoms with Gasteiger partial charge in [0.05, 0.1) is 11.5 Å². The van der Waals surface area contributed by atoms with Gasteiger partial charge >= 0.3 is 6.09 Å². The van der Waals surface area contributed by atoms with E-state index in [2.05, 4.69) is 5.32 Å². The number of hydrogen-bond donors (Lipinski definition) is 1. The average molecular weight is 742 g/mol. The molecule has 0 spiro atoms. The third-order valence-electron chi connectivity index (χ3n) is 9.40. The number of alkyl halides is 2. The highest BCUT2D eigenvalue weighted by molar-refractivity contribution is 7.89. The van der Waals surface area contributed by atoms with Crippen molar-refractivity contribution in [2.24, 2.45) is 5.92 Å². The molecule has 0 aromatic heterocycles. The van der Waals surface area contributed by atoms with Gasteiger partial charge in [-0.3, -0.25) is 4.79 Å². The quantitative estimate of drug-likeness (QED) is 0.202. The van der Waals surface area contributed by atoms with Gasteiger partial charge in [-0.15, -0.1) is 0 Å². The number of benzene rings is 3. The van der Waals surface area contributed by atoms with Crippen LogP contribution in [0, 0.1) is 5.92 Å². The molecule has 2 fully saturated rings. The molecule has 282 valence electrons. The van der Waals surface area contributed by atoms with Gasteiger partial charge in [0.1, 0.15) is 22.8 Å². The molecule has 5 rings (SSSR count). The summed E-state index contributed by atoms with van der Waals surface area (Å²) in [6.07, 6.45) is 5.64. The fraction of sp³-hybridized carbons (Fsp3) is 0.487. The molecular formula is C39H49F2N3O7S. The molecule has 52 heavy (non-hydrogen) atoms. The standard InChI is InChI=1S/C39H49F2N3O7S/c1-38(2,3)51-37(46)42-30-23-25-44(26-24-30)36(45)35(39(40,41)29-15-17-33(18-16-29)50-32-13-9-6-10-14-32)43(4)52(47,48)34-21-19-31(20-22-34)49-27-28-11-7-5-8-12-28/h6,9-10,13-22,28,30,35H,5,7-8,11-12,23-27H2,1-4H3,(H,42,46). The first-order valence-electron chi connectivity index (χ1n) is 17.8. The first-order valence-corrected chi connectivity index (χ1v) is 19.3. The van der Waals surface area contributed by atoms with Crippen molar-refractivity contribution in [2.75, 3.05) is 26.7 Å². The molecule has 1 aliphatic heterocycles. The summed E-state index contributed by atoms with van der Waals surface area (Å²) in [5, 5.41) is 2.77. The predicted octanol–water partition coefficient (Wildman–Crippen LogP) is 7.73. The maximum atomic E-state index is 16.7. The van der Waals surface area contributed by atoms with E-state index >= 15 is 8.78 Å². The normalized spacial score (nSPS) is 17.0. The number of carbonyl (C=O) groups excluding carboxylic acids is 2. The summed E-state index contributed by atoms with van der Waals surface area (Å²) in [6.45, 7) is 5.79. The number of ether oxygens (including phenoxy) is 3. The summed E-state index contributed by atoms with van der Waals surface area (Å²) in [5.41, 5.74) is -1.26. The Kier molecular flexibility index (Phi) is 12.5. The second kappa shape index (κ2) is 16.6. The van der Waals surface area contributed by atoms with E-state index in [1.54, 1.807) is 45.0 Å². The number of carbonyl (C=O) groups is 2. The van der Waals surface area contributed by atoms with E-state index in [4.69, 9.17) is 14.2 Å². The third-order valence-corrected chi connectivity index (χ3v) is 11.2. The van der Waals surface area contributed by atoms with Crippen molar-refractivity contribution in [1.82, 2.24) is 14.5 Å². The van der Waals surface area contributed by atoms with Crippen molar-refractivity contribution in [2.45, 2.75) is 94.2 Å². The van der Waals surface area contributed by atoms with Gasteiger partial charge in [0, 0.05) is 31.7 Å². The lowest BCUT2D eigenvalue weighted by atomic mass is 9.90. The van der Waals surface area contributed by atoms with Gasteiger partial charge in [0.15, 0.2) is 6.04 Å². The summed E-state index contributed by atoms with van der Waals surface area (Å²) in [7, 11) is -3.60. The van der Waals surface area contributed by atoms with Crippen LogP contribution in [-0.4, -0.2) is 74.1 Å². The van der Waals surface area contributed by atoms with Crippen LogP contribution in [0.3, 0.4) is 0 Å². The largest absolute Gasteiger partial charge is 0.493 e. The number of para-hydroxylation sites is 1. The molecule has 1 aliphatic carbocycles. The smallest absolute Gasteiger partial charge is 0.407 e. The van der Waals surface area contributed by atoms with Crippen molar-refractivity contribution in [3.63, 3.8) is 0 Å². The summed E-state index contributed by atoms with van der Waals surface area (Å²) in [5.74, 6) is -3.29. The van der Waals surface area contributed by atoms with E-state index in [1.807, 2.05) is 6.07 Å². The van der Waals surface area contributed by atoms with Crippen LogP contribution in [-0.2, 0) is 25.5 Å². The lowest BCUT2D eigenvalue weighted by Crippen LogP contribution is -2.58. The monoisotopic (exact) mass is 741 g/mol. The van der Waals surface area contributed by atoms with Crippen LogP contribution in [0.25, 0.3) is 0 Å². The fourth-order valence-corrected chi connectivity index (χ4v) is 7.85. The summed E-state index contributed by atoms with van der Waals surface area (Å²) in [4.78, 5) is 27.4. The van der Waals surface area contributed by atoms with E-state index < -0.39 is 45.2 Å². The molecule has 0 bridgehead atoms. The first kappa shape index (κ1) is 39.0. The Balaban J connectivity index is 1.36. The minimum absolute atomic E-state index is 0.0245. The molecule has 1 heterocycles. The van der Waals surface area contributed by atoms with Gasteiger partial charge in [-0.2, -0.15) is 13.1 Å².